The summed E-state index contributed by atoms with van der Waals surface area (Å²) in [7, 11) is 0. The van der Waals surface area contributed by atoms with Crippen molar-refractivity contribution in [1.82, 2.24) is 15.0 Å². The van der Waals surface area contributed by atoms with E-state index < -0.39 is 0 Å². The van der Waals surface area contributed by atoms with Crippen LogP contribution in [0.2, 0.25) is 0 Å². The topological polar surface area (TPSA) is 81.6 Å². The van der Waals surface area contributed by atoms with Crippen molar-refractivity contribution in [2.75, 3.05) is 13.1 Å². The largest absolute Gasteiger partial charge is 0.459 e. The number of hydrogen-bond donors (Lipinski definition) is 0. The average Bonchev–Trinajstić information content (AvgIpc) is 3.25. The van der Waals surface area contributed by atoms with Gasteiger partial charge in [0.15, 0.2) is 5.76 Å². The van der Waals surface area contributed by atoms with Gasteiger partial charge in [0, 0.05) is 20.0 Å². The summed E-state index contributed by atoms with van der Waals surface area (Å²) in [6.45, 7) is 3.07. The van der Waals surface area contributed by atoms with Crippen LogP contribution in [0.5, 0.6) is 0 Å². The minimum Gasteiger partial charge on any atom is -0.459 e. The van der Waals surface area contributed by atoms with Crippen LogP contribution in [0.15, 0.2) is 27.3 Å². The number of aromatic nitrogens is 2. The Balaban J connectivity index is 1.44. The van der Waals surface area contributed by atoms with Gasteiger partial charge in [-0.2, -0.15) is 4.98 Å². The van der Waals surface area contributed by atoms with Gasteiger partial charge in [0.05, 0.1) is 12.4 Å². The standard InChI is InChI=1S/C15H17N3O4/c1-9-16-14(17-22-9)12-7-10-4-5-18(8-13(10)21-12)15(19)11-3-2-6-20-11/h2-3,6,10,12-13H,4-5,7-8H2,1H3/t10-,12+,13+/m0/s1. The maximum absolute atomic E-state index is 12.3. The number of aryl methyl sites for hydroxylation is 1. The zero-order valence-electron chi connectivity index (χ0n) is 12.3. The summed E-state index contributed by atoms with van der Waals surface area (Å²) in [4.78, 5) is 18.4. The number of rotatable bonds is 2. The Kier molecular flexibility index (Phi) is 3.22. The second-order valence-electron chi connectivity index (χ2n) is 5.85. The molecule has 0 radical (unpaired) electrons. The minimum absolute atomic E-state index is 0.0245. The second-order valence-corrected chi connectivity index (χ2v) is 5.85. The van der Waals surface area contributed by atoms with Crippen LogP contribution in [0.1, 0.15) is 41.2 Å². The lowest BCUT2D eigenvalue weighted by atomic mass is 9.91. The minimum atomic E-state index is -0.133. The van der Waals surface area contributed by atoms with Crippen molar-refractivity contribution in [3.8, 4) is 0 Å². The summed E-state index contributed by atoms with van der Waals surface area (Å²) in [5, 5.41) is 3.94. The Bertz CT molecular complexity index is 666. The van der Waals surface area contributed by atoms with E-state index in [-0.39, 0.29) is 18.1 Å². The number of amides is 1. The van der Waals surface area contributed by atoms with Crippen LogP contribution in [0, 0.1) is 12.8 Å². The second kappa shape index (κ2) is 5.24. The maximum Gasteiger partial charge on any atom is 0.289 e. The molecule has 2 aliphatic heterocycles. The van der Waals surface area contributed by atoms with Crippen LogP contribution in [0.3, 0.4) is 0 Å². The summed E-state index contributed by atoms with van der Waals surface area (Å²) < 4.78 is 16.3. The van der Waals surface area contributed by atoms with Gasteiger partial charge in [-0.25, -0.2) is 0 Å². The highest BCUT2D eigenvalue weighted by Crippen LogP contribution is 2.40. The predicted molar refractivity (Wildman–Crippen MR) is 74.0 cm³/mol. The highest BCUT2D eigenvalue weighted by molar-refractivity contribution is 5.91. The molecule has 4 rings (SSSR count). The van der Waals surface area contributed by atoms with E-state index in [2.05, 4.69) is 10.1 Å². The number of piperidine rings is 1. The number of likely N-dealkylation sites (tertiary alicyclic amines) is 1. The molecule has 7 heteroatoms. The number of hydrogen-bond acceptors (Lipinski definition) is 6. The zero-order valence-corrected chi connectivity index (χ0v) is 12.3. The summed E-state index contributed by atoms with van der Waals surface area (Å²) in [5.74, 6) is 1.89. The third kappa shape index (κ3) is 2.31. The summed E-state index contributed by atoms with van der Waals surface area (Å²) >= 11 is 0. The first kappa shape index (κ1) is 13.5. The van der Waals surface area contributed by atoms with Gasteiger partial charge in [-0.05, 0) is 30.9 Å². The Morgan fingerprint density at radius 3 is 3.09 bits per heavy atom. The third-order valence-corrected chi connectivity index (χ3v) is 4.40. The molecule has 3 atom stereocenters. The number of nitrogens with zero attached hydrogens (tertiary/aromatic N) is 3. The fourth-order valence-electron chi connectivity index (χ4n) is 3.28. The predicted octanol–water partition coefficient (Wildman–Crippen LogP) is 1.96. The van der Waals surface area contributed by atoms with Crippen molar-refractivity contribution in [2.45, 2.75) is 32.0 Å². The summed E-state index contributed by atoms with van der Waals surface area (Å²) in [6.07, 6.45) is 3.21. The molecule has 0 spiro atoms. The molecule has 2 aromatic heterocycles. The van der Waals surface area contributed by atoms with Crippen LogP contribution >= 0.6 is 0 Å². The van der Waals surface area contributed by atoms with Gasteiger partial charge in [-0.3, -0.25) is 4.79 Å². The highest BCUT2D eigenvalue weighted by Gasteiger charge is 2.42. The zero-order chi connectivity index (χ0) is 15.1. The monoisotopic (exact) mass is 303 g/mol. The van der Waals surface area contributed by atoms with Crippen molar-refractivity contribution in [1.29, 1.82) is 0 Å². The van der Waals surface area contributed by atoms with Gasteiger partial charge in [0.25, 0.3) is 5.91 Å². The van der Waals surface area contributed by atoms with Crippen molar-refractivity contribution < 1.29 is 18.5 Å². The van der Waals surface area contributed by atoms with Gasteiger partial charge >= 0.3 is 0 Å². The Labute approximate surface area is 127 Å². The normalized spacial score (nSPS) is 27.9. The maximum atomic E-state index is 12.3. The molecule has 22 heavy (non-hydrogen) atoms. The molecule has 116 valence electrons. The fraction of sp³-hybridized carbons (Fsp3) is 0.533. The molecular formula is C15H17N3O4. The van der Waals surface area contributed by atoms with E-state index in [1.165, 1.54) is 6.26 Å². The van der Waals surface area contributed by atoms with Crippen LogP contribution in [-0.2, 0) is 4.74 Å². The van der Waals surface area contributed by atoms with E-state index >= 15 is 0 Å². The molecule has 0 N–H and O–H groups in total. The number of fused-ring (bicyclic) bond motifs is 1. The summed E-state index contributed by atoms with van der Waals surface area (Å²) in [6, 6.07) is 3.41. The molecule has 0 aliphatic carbocycles. The van der Waals surface area contributed by atoms with E-state index in [0.29, 0.717) is 29.9 Å². The number of carbonyl (C=O) groups excluding carboxylic acids is 1. The van der Waals surface area contributed by atoms with Crippen molar-refractivity contribution >= 4 is 5.91 Å². The van der Waals surface area contributed by atoms with Crippen molar-refractivity contribution in [3.05, 3.63) is 35.9 Å². The lowest BCUT2D eigenvalue weighted by Crippen LogP contribution is -2.45. The van der Waals surface area contributed by atoms with Gasteiger partial charge in [0.1, 0.15) is 6.10 Å². The number of carbonyl (C=O) groups is 1. The number of ether oxygens (including phenoxy) is 1. The SMILES string of the molecule is Cc1nc([C@H]2C[C@@H]3CCN(C(=O)c4ccco4)C[C@H]3O2)no1. The molecule has 2 aliphatic rings. The smallest absolute Gasteiger partial charge is 0.289 e. The van der Waals surface area contributed by atoms with E-state index in [1.807, 2.05) is 0 Å². The molecule has 0 aromatic carbocycles. The van der Waals surface area contributed by atoms with Crippen molar-refractivity contribution in [3.63, 3.8) is 0 Å². The highest BCUT2D eigenvalue weighted by atomic mass is 16.5. The van der Waals surface area contributed by atoms with E-state index in [9.17, 15) is 4.79 Å². The molecule has 2 aromatic rings. The molecule has 4 heterocycles. The Hall–Kier alpha value is -2.15. The molecule has 0 unspecified atom stereocenters. The van der Waals surface area contributed by atoms with E-state index in [1.54, 1.807) is 24.0 Å². The molecule has 0 bridgehead atoms. The molecule has 7 nitrogen and oxygen atoms in total. The lowest BCUT2D eigenvalue weighted by Gasteiger charge is -2.33. The van der Waals surface area contributed by atoms with Gasteiger partial charge < -0.3 is 18.6 Å². The van der Waals surface area contributed by atoms with Gasteiger partial charge in [-0.1, -0.05) is 5.16 Å². The Morgan fingerprint density at radius 2 is 2.36 bits per heavy atom. The lowest BCUT2D eigenvalue weighted by molar-refractivity contribution is -0.00823. The number of furan rings is 1. The molecule has 0 saturated carbocycles. The van der Waals surface area contributed by atoms with Crippen LogP contribution in [-0.4, -0.2) is 40.1 Å². The first-order valence-electron chi connectivity index (χ1n) is 7.49. The molecular weight excluding hydrogens is 286 g/mol. The third-order valence-electron chi connectivity index (χ3n) is 4.40. The average molecular weight is 303 g/mol. The fourth-order valence-corrected chi connectivity index (χ4v) is 3.28. The first-order valence-corrected chi connectivity index (χ1v) is 7.49. The van der Waals surface area contributed by atoms with Crippen LogP contribution in [0.4, 0.5) is 0 Å². The van der Waals surface area contributed by atoms with Gasteiger partial charge in [-0.15, -0.1) is 0 Å². The van der Waals surface area contributed by atoms with Crippen LogP contribution in [0.25, 0.3) is 0 Å². The molecule has 2 fully saturated rings. The quantitative estimate of drug-likeness (QED) is 0.843. The van der Waals surface area contributed by atoms with E-state index in [4.69, 9.17) is 13.7 Å². The van der Waals surface area contributed by atoms with Crippen molar-refractivity contribution in [2.24, 2.45) is 5.92 Å². The van der Waals surface area contributed by atoms with E-state index in [0.717, 1.165) is 19.4 Å². The first-order chi connectivity index (χ1) is 10.7. The van der Waals surface area contributed by atoms with Gasteiger partial charge in [0.2, 0.25) is 11.7 Å². The molecule has 2 saturated heterocycles. The Morgan fingerprint density at radius 1 is 1.45 bits per heavy atom. The molecule has 1 amide bonds. The summed E-state index contributed by atoms with van der Waals surface area (Å²) in [5.41, 5.74) is 0. The van der Waals surface area contributed by atoms with Crippen LogP contribution < -0.4 is 0 Å².